The summed E-state index contributed by atoms with van der Waals surface area (Å²) in [6.45, 7) is 7.64. The van der Waals surface area contributed by atoms with Crippen LogP contribution in [0.3, 0.4) is 0 Å². The Morgan fingerprint density at radius 1 is 1.22 bits per heavy atom. The van der Waals surface area contributed by atoms with E-state index in [9.17, 15) is 4.79 Å². The molecule has 2 unspecified atom stereocenters. The third-order valence-corrected chi connectivity index (χ3v) is 3.96. The third kappa shape index (κ3) is 2.74. The number of nitrogens with zero attached hydrogens (tertiary/aromatic N) is 1. The zero-order valence-electron chi connectivity index (χ0n) is 11.6. The van der Waals surface area contributed by atoms with E-state index in [-0.39, 0.29) is 5.78 Å². The summed E-state index contributed by atoms with van der Waals surface area (Å²) in [7, 11) is 0. The Hall–Kier alpha value is -1.31. The zero-order valence-corrected chi connectivity index (χ0v) is 11.6. The van der Waals surface area contributed by atoms with Gasteiger partial charge in [-0.3, -0.25) is 4.79 Å². The number of carbonyl (C=O) groups excluding carboxylic acids is 1. The first-order valence-electron chi connectivity index (χ1n) is 7.01. The van der Waals surface area contributed by atoms with E-state index in [0.717, 1.165) is 18.0 Å². The average molecular weight is 245 g/mol. The minimum atomic E-state index is 0.224. The van der Waals surface area contributed by atoms with Crippen LogP contribution in [0.5, 0.6) is 0 Å². The van der Waals surface area contributed by atoms with Crippen LogP contribution in [0.4, 0.5) is 5.69 Å². The molecule has 2 nitrogen and oxygen atoms in total. The Morgan fingerprint density at radius 3 is 2.50 bits per heavy atom. The number of hydrogen-bond donors (Lipinski definition) is 0. The van der Waals surface area contributed by atoms with Gasteiger partial charge in [-0.25, -0.2) is 0 Å². The molecule has 98 valence electrons. The van der Waals surface area contributed by atoms with E-state index in [4.69, 9.17) is 0 Å². The van der Waals surface area contributed by atoms with Gasteiger partial charge < -0.3 is 4.90 Å². The molecule has 2 atom stereocenters. The summed E-state index contributed by atoms with van der Waals surface area (Å²) >= 11 is 0. The number of hydrogen-bond acceptors (Lipinski definition) is 2. The smallest absolute Gasteiger partial charge is 0.162 e. The van der Waals surface area contributed by atoms with Crippen molar-refractivity contribution in [1.29, 1.82) is 0 Å². The van der Waals surface area contributed by atoms with Gasteiger partial charge in [-0.2, -0.15) is 0 Å². The molecule has 1 fully saturated rings. The Labute approximate surface area is 110 Å². The van der Waals surface area contributed by atoms with Crippen LogP contribution >= 0.6 is 0 Å². The fourth-order valence-corrected chi connectivity index (χ4v) is 2.69. The zero-order chi connectivity index (χ0) is 13.1. The Kier molecular flexibility index (Phi) is 4.05. The van der Waals surface area contributed by atoms with Crippen LogP contribution in [-0.2, 0) is 0 Å². The van der Waals surface area contributed by atoms with Crippen molar-refractivity contribution in [2.24, 2.45) is 5.92 Å². The van der Waals surface area contributed by atoms with Gasteiger partial charge in [0.2, 0.25) is 0 Å². The number of piperidine rings is 1. The van der Waals surface area contributed by atoms with Crippen molar-refractivity contribution < 1.29 is 4.79 Å². The highest BCUT2D eigenvalue weighted by Crippen LogP contribution is 2.27. The molecule has 0 amide bonds. The van der Waals surface area contributed by atoms with Gasteiger partial charge in [0, 0.05) is 30.3 Å². The van der Waals surface area contributed by atoms with Gasteiger partial charge in [0.25, 0.3) is 0 Å². The van der Waals surface area contributed by atoms with Crippen molar-refractivity contribution in [2.45, 2.75) is 46.1 Å². The number of rotatable bonds is 3. The van der Waals surface area contributed by atoms with Crippen LogP contribution in [0.25, 0.3) is 0 Å². The molecule has 0 radical (unpaired) electrons. The van der Waals surface area contributed by atoms with Crippen molar-refractivity contribution >= 4 is 11.5 Å². The standard InChI is InChI=1S/C16H23NO/c1-4-16(18)14-7-9-15(10-8-14)17-11-12(2)5-6-13(17)3/h7-10,12-13H,4-6,11H2,1-3H3. The summed E-state index contributed by atoms with van der Waals surface area (Å²) in [5.41, 5.74) is 2.08. The van der Waals surface area contributed by atoms with Crippen LogP contribution in [0.15, 0.2) is 24.3 Å². The highest BCUT2D eigenvalue weighted by Gasteiger charge is 2.22. The number of anilines is 1. The molecule has 0 saturated carbocycles. The lowest BCUT2D eigenvalue weighted by molar-refractivity contribution is 0.0988. The first-order chi connectivity index (χ1) is 8.61. The summed E-state index contributed by atoms with van der Waals surface area (Å²) < 4.78 is 0. The molecule has 0 aliphatic carbocycles. The van der Waals surface area contributed by atoms with Gasteiger partial charge in [0.15, 0.2) is 5.78 Å². The van der Waals surface area contributed by atoms with Crippen molar-refractivity contribution in [1.82, 2.24) is 0 Å². The van der Waals surface area contributed by atoms with Crippen LogP contribution in [0, 0.1) is 5.92 Å². The maximum Gasteiger partial charge on any atom is 0.162 e. The molecule has 0 N–H and O–H groups in total. The monoisotopic (exact) mass is 245 g/mol. The highest BCUT2D eigenvalue weighted by atomic mass is 16.1. The molecule has 1 aliphatic rings. The van der Waals surface area contributed by atoms with Gasteiger partial charge in [0.05, 0.1) is 0 Å². The predicted octanol–water partition coefficient (Wildman–Crippen LogP) is 3.90. The second kappa shape index (κ2) is 5.55. The predicted molar refractivity (Wildman–Crippen MR) is 76.3 cm³/mol. The van der Waals surface area contributed by atoms with Crippen molar-refractivity contribution in [2.75, 3.05) is 11.4 Å². The molecule has 1 aromatic rings. The van der Waals surface area contributed by atoms with Crippen molar-refractivity contribution in [3.63, 3.8) is 0 Å². The van der Waals surface area contributed by atoms with Gasteiger partial charge in [-0.15, -0.1) is 0 Å². The molecule has 0 aromatic heterocycles. The van der Waals surface area contributed by atoms with Gasteiger partial charge in [-0.1, -0.05) is 13.8 Å². The lowest BCUT2D eigenvalue weighted by Gasteiger charge is -2.38. The summed E-state index contributed by atoms with van der Waals surface area (Å²) in [5.74, 6) is 0.986. The van der Waals surface area contributed by atoms with Crippen LogP contribution in [0.2, 0.25) is 0 Å². The second-order valence-corrected chi connectivity index (χ2v) is 5.51. The molecule has 1 saturated heterocycles. The van der Waals surface area contributed by atoms with Gasteiger partial charge in [0.1, 0.15) is 0 Å². The van der Waals surface area contributed by atoms with E-state index in [1.807, 2.05) is 19.1 Å². The maximum absolute atomic E-state index is 11.6. The molecule has 1 aliphatic heterocycles. The van der Waals surface area contributed by atoms with E-state index in [0.29, 0.717) is 12.5 Å². The Balaban J connectivity index is 2.15. The Bertz CT molecular complexity index is 410. The molecule has 1 aromatic carbocycles. The molecule has 18 heavy (non-hydrogen) atoms. The molecule has 0 bridgehead atoms. The van der Waals surface area contributed by atoms with E-state index in [2.05, 4.69) is 30.9 Å². The molecule has 0 spiro atoms. The summed E-state index contributed by atoms with van der Waals surface area (Å²) in [6, 6.07) is 8.73. The molecule has 2 rings (SSSR count). The SMILES string of the molecule is CCC(=O)c1ccc(N2CC(C)CCC2C)cc1. The Morgan fingerprint density at radius 2 is 1.89 bits per heavy atom. The normalized spacial score (nSPS) is 24.1. The summed E-state index contributed by atoms with van der Waals surface area (Å²) in [6.07, 6.45) is 3.16. The minimum absolute atomic E-state index is 0.224. The molecular formula is C16H23NO. The molecule has 2 heteroatoms. The number of Topliss-reactive ketones (excluding diaryl/α,β-unsaturated/α-hetero) is 1. The fraction of sp³-hybridized carbons (Fsp3) is 0.562. The van der Waals surface area contributed by atoms with E-state index in [1.165, 1.54) is 18.5 Å². The fourth-order valence-electron chi connectivity index (χ4n) is 2.69. The van der Waals surface area contributed by atoms with Crippen molar-refractivity contribution in [3.8, 4) is 0 Å². The molecule has 1 heterocycles. The number of carbonyl (C=O) groups is 1. The van der Waals surface area contributed by atoms with E-state index in [1.54, 1.807) is 0 Å². The third-order valence-electron chi connectivity index (χ3n) is 3.96. The number of benzene rings is 1. The highest BCUT2D eigenvalue weighted by molar-refractivity contribution is 5.96. The van der Waals surface area contributed by atoms with E-state index >= 15 is 0 Å². The maximum atomic E-state index is 11.6. The molecular weight excluding hydrogens is 222 g/mol. The van der Waals surface area contributed by atoms with Gasteiger partial charge in [-0.05, 0) is 49.9 Å². The quantitative estimate of drug-likeness (QED) is 0.753. The van der Waals surface area contributed by atoms with Crippen LogP contribution in [-0.4, -0.2) is 18.4 Å². The van der Waals surface area contributed by atoms with Crippen LogP contribution in [0.1, 0.15) is 50.4 Å². The first-order valence-corrected chi connectivity index (χ1v) is 7.01. The second-order valence-electron chi connectivity index (χ2n) is 5.51. The first kappa shape index (κ1) is 13.1. The van der Waals surface area contributed by atoms with Gasteiger partial charge >= 0.3 is 0 Å². The summed E-state index contributed by atoms with van der Waals surface area (Å²) in [4.78, 5) is 14.1. The minimum Gasteiger partial charge on any atom is -0.369 e. The summed E-state index contributed by atoms with van der Waals surface area (Å²) in [5, 5.41) is 0. The van der Waals surface area contributed by atoms with Crippen molar-refractivity contribution in [3.05, 3.63) is 29.8 Å². The average Bonchev–Trinajstić information content (AvgIpc) is 2.41. The number of ketones is 1. The topological polar surface area (TPSA) is 20.3 Å². The lowest BCUT2D eigenvalue weighted by Crippen LogP contribution is -2.41. The lowest BCUT2D eigenvalue weighted by atomic mass is 9.94. The van der Waals surface area contributed by atoms with Crippen LogP contribution < -0.4 is 4.90 Å². The largest absolute Gasteiger partial charge is 0.369 e. The van der Waals surface area contributed by atoms with E-state index < -0.39 is 0 Å².